The summed E-state index contributed by atoms with van der Waals surface area (Å²) < 4.78 is 26.7. The highest BCUT2D eigenvalue weighted by molar-refractivity contribution is 6.30. The van der Waals surface area contributed by atoms with Gasteiger partial charge in [-0.05, 0) is 37.0 Å². The van der Waals surface area contributed by atoms with Crippen molar-refractivity contribution >= 4 is 11.6 Å². The van der Waals surface area contributed by atoms with Gasteiger partial charge in [0.25, 0.3) is 0 Å². The molecular formula is C12H11ClF2O. The number of hydrogen-bond acceptors (Lipinski definition) is 1. The lowest BCUT2D eigenvalue weighted by Gasteiger charge is -2.13. The Morgan fingerprint density at radius 3 is 2.62 bits per heavy atom. The smallest absolute Gasteiger partial charge is 0.142 e. The molecule has 1 aliphatic carbocycles. The van der Waals surface area contributed by atoms with E-state index in [2.05, 4.69) is 0 Å². The van der Waals surface area contributed by atoms with Crippen molar-refractivity contribution in [2.24, 2.45) is 0 Å². The summed E-state index contributed by atoms with van der Waals surface area (Å²) in [4.78, 5) is 0. The van der Waals surface area contributed by atoms with Gasteiger partial charge in [-0.3, -0.25) is 0 Å². The second kappa shape index (κ2) is 4.52. The second-order valence-electron chi connectivity index (χ2n) is 3.86. The Morgan fingerprint density at radius 1 is 1.25 bits per heavy atom. The van der Waals surface area contributed by atoms with E-state index in [4.69, 9.17) is 11.6 Å². The maximum atomic E-state index is 13.5. The normalized spacial score (nSPS) is 17.4. The number of rotatable bonds is 2. The molecule has 1 aromatic carbocycles. The molecule has 1 N–H and O–H groups in total. The van der Waals surface area contributed by atoms with Crippen molar-refractivity contribution < 1.29 is 13.9 Å². The zero-order valence-corrected chi connectivity index (χ0v) is 9.27. The van der Waals surface area contributed by atoms with E-state index in [0.717, 1.165) is 37.0 Å². The van der Waals surface area contributed by atoms with E-state index in [-0.39, 0.29) is 10.6 Å². The van der Waals surface area contributed by atoms with Gasteiger partial charge in [-0.25, -0.2) is 8.78 Å². The first-order valence-corrected chi connectivity index (χ1v) is 5.49. The molecule has 4 heteroatoms. The number of hydrogen-bond donors (Lipinski definition) is 1. The molecule has 0 saturated carbocycles. The molecule has 0 heterocycles. The maximum absolute atomic E-state index is 13.5. The van der Waals surface area contributed by atoms with Crippen LogP contribution in [0.5, 0.6) is 0 Å². The van der Waals surface area contributed by atoms with E-state index >= 15 is 0 Å². The molecular weight excluding hydrogens is 234 g/mol. The molecule has 1 nitrogen and oxygen atoms in total. The van der Waals surface area contributed by atoms with Gasteiger partial charge < -0.3 is 5.11 Å². The van der Waals surface area contributed by atoms with Crippen molar-refractivity contribution in [3.8, 4) is 0 Å². The Balaban J connectivity index is 2.36. The van der Waals surface area contributed by atoms with Crippen molar-refractivity contribution in [2.45, 2.75) is 25.4 Å². The number of allylic oxidation sites excluding steroid dienone is 1. The Labute approximate surface area is 97.4 Å². The van der Waals surface area contributed by atoms with Crippen LogP contribution in [0.1, 0.15) is 30.9 Å². The van der Waals surface area contributed by atoms with Gasteiger partial charge in [0.15, 0.2) is 0 Å². The zero-order chi connectivity index (χ0) is 11.7. The summed E-state index contributed by atoms with van der Waals surface area (Å²) in [5.74, 6) is -1.39. The zero-order valence-electron chi connectivity index (χ0n) is 8.51. The standard InChI is InChI=1S/C12H11ClF2O/c13-9-6-10(14)8(5-11(9)15)12(16)7-3-1-2-4-7/h3,5-6,12,16H,1-2,4H2. The van der Waals surface area contributed by atoms with E-state index in [1.54, 1.807) is 0 Å². The first-order chi connectivity index (χ1) is 7.59. The van der Waals surface area contributed by atoms with Crippen molar-refractivity contribution in [1.82, 2.24) is 0 Å². The molecule has 0 spiro atoms. The Morgan fingerprint density at radius 2 is 2.00 bits per heavy atom. The minimum atomic E-state index is -1.06. The molecule has 1 aromatic rings. The molecule has 1 unspecified atom stereocenters. The van der Waals surface area contributed by atoms with Crippen LogP contribution in [0.2, 0.25) is 5.02 Å². The summed E-state index contributed by atoms with van der Waals surface area (Å²) in [6.07, 6.45) is 3.37. The topological polar surface area (TPSA) is 20.2 Å². The summed E-state index contributed by atoms with van der Waals surface area (Å²) in [6, 6.07) is 1.85. The van der Waals surface area contributed by atoms with E-state index in [1.165, 1.54) is 0 Å². The maximum Gasteiger partial charge on any atom is 0.142 e. The lowest BCUT2D eigenvalue weighted by molar-refractivity contribution is 0.207. The minimum Gasteiger partial charge on any atom is -0.384 e. The van der Waals surface area contributed by atoms with Crippen LogP contribution in [0.3, 0.4) is 0 Å². The van der Waals surface area contributed by atoms with Crippen LogP contribution < -0.4 is 0 Å². The predicted octanol–water partition coefficient (Wildman–Crippen LogP) is 3.76. The fourth-order valence-electron chi connectivity index (χ4n) is 1.89. The van der Waals surface area contributed by atoms with Crippen LogP contribution in [-0.4, -0.2) is 5.11 Å². The van der Waals surface area contributed by atoms with E-state index in [9.17, 15) is 13.9 Å². The lowest BCUT2D eigenvalue weighted by Crippen LogP contribution is -2.04. The first-order valence-electron chi connectivity index (χ1n) is 5.11. The molecule has 86 valence electrons. The highest BCUT2D eigenvalue weighted by atomic mass is 35.5. The van der Waals surface area contributed by atoms with Crippen LogP contribution >= 0.6 is 11.6 Å². The molecule has 0 bridgehead atoms. The van der Waals surface area contributed by atoms with Gasteiger partial charge in [0.1, 0.15) is 17.7 Å². The molecule has 0 aromatic heterocycles. The average Bonchev–Trinajstić information content (AvgIpc) is 2.75. The predicted molar refractivity (Wildman–Crippen MR) is 58.3 cm³/mol. The molecule has 0 aliphatic heterocycles. The summed E-state index contributed by atoms with van der Waals surface area (Å²) >= 11 is 5.44. The number of aliphatic hydroxyl groups excluding tert-OH is 1. The van der Waals surface area contributed by atoms with Crippen molar-refractivity contribution in [2.75, 3.05) is 0 Å². The molecule has 1 atom stereocenters. The number of aliphatic hydroxyl groups is 1. The Bertz CT molecular complexity index is 443. The minimum absolute atomic E-state index is 0.0462. The number of benzene rings is 1. The highest BCUT2D eigenvalue weighted by Crippen LogP contribution is 2.33. The number of halogens is 3. The van der Waals surface area contributed by atoms with Gasteiger partial charge in [0, 0.05) is 5.56 Å². The SMILES string of the molecule is OC(C1=CCCC1)c1cc(F)c(Cl)cc1F. The second-order valence-corrected chi connectivity index (χ2v) is 4.27. The van der Waals surface area contributed by atoms with E-state index in [1.807, 2.05) is 6.08 Å². The van der Waals surface area contributed by atoms with Crippen molar-refractivity contribution in [3.05, 3.63) is 46.0 Å². The molecule has 0 saturated heterocycles. The largest absolute Gasteiger partial charge is 0.384 e. The van der Waals surface area contributed by atoms with Crippen LogP contribution in [-0.2, 0) is 0 Å². The molecule has 0 fully saturated rings. The van der Waals surface area contributed by atoms with Gasteiger partial charge in [0.2, 0.25) is 0 Å². The van der Waals surface area contributed by atoms with Gasteiger partial charge in [0.05, 0.1) is 5.02 Å². The summed E-state index contributed by atoms with van der Waals surface area (Å²) in [7, 11) is 0. The lowest BCUT2D eigenvalue weighted by atomic mass is 10.0. The third kappa shape index (κ3) is 2.11. The molecule has 16 heavy (non-hydrogen) atoms. The molecule has 0 radical (unpaired) electrons. The first kappa shape index (κ1) is 11.6. The summed E-state index contributed by atoms with van der Waals surface area (Å²) in [5, 5.41) is 9.63. The quantitative estimate of drug-likeness (QED) is 0.620. The molecule has 1 aliphatic rings. The van der Waals surface area contributed by atoms with Gasteiger partial charge in [-0.15, -0.1) is 0 Å². The van der Waals surface area contributed by atoms with Crippen LogP contribution in [0.15, 0.2) is 23.8 Å². The van der Waals surface area contributed by atoms with Crippen molar-refractivity contribution in [3.63, 3.8) is 0 Å². The van der Waals surface area contributed by atoms with E-state index < -0.39 is 17.7 Å². The van der Waals surface area contributed by atoms with Gasteiger partial charge in [-0.1, -0.05) is 17.7 Å². The van der Waals surface area contributed by atoms with Crippen molar-refractivity contribution in [1.29, 1.82) is 0 Å². The van der Waals surface area contributed by atoms with Crippen LogP contribution in [0, 0.1) is 11.6 Å². The Hall–Kier alpha value is -0.930. The van der Waals surface area contributed by atoms with Gasteiger partial charge in [-0.2, -0.15) is 0 Å². The molecule has 2 rings (SSSR count). The Kier molecular flexibility index (Phi) is 3.26. The third-order valence-electron chi connectivity index (χ3n) is 2.76. The average molecular weight is 245 g/mol. The van der Waals surface area contributed by atoms with E-state index in [0.29, 0.717) is 0 Å². The fraction of sp³-hybridized carbons (Fsp3) is 0.333. The fourth-order valence-corrected chi connectivity index (χ4v) is 2.04. The monoisotopic (exact) mass is 244 g/mol. The van der Waals surface area contributed by atoms with Crippen LogP contribution in [0.4, 0.5) is 8.78 Å². The van der Waals surface area contributed by atoms with Gasteiger partial charge >= 0.3 is 0 Å². The van der Waals surface area contributed by atoms with Crippen LogP contribution in [0.25, 0.3) is 0 Å². The molecule has 0 amide bonds. The summed E-state index contributed by atoms with van der Waals surface area (Å²) in [5.41, 5.74) is 0.704. The third-order valence-corrected chi connectivity index (χ3v) is 3.05. The highest BCUT2D eigenvalue weighted by Gasteiger charge is 2.21. The summed E-state index contributed by atoms with van der Waals surface area (Å²) in [6.45, 7) is 0.